The van der Waals surface area contributed by atoms with Gasteiger partial charge in [0.1, 0.15) is 17.9 Å². The number of methoxy groups -OCH3 is 1. The van der Waals surface area contributed by atoms with Gasteiger partial charge in [0.15, 0.2) is 5.52 Å². The number of hydrogen-bond acceptors (Lipinski definition) is 6. The Labute approximate surface area is 204 Å². The highest BCUT2D eigenvalue weighted by atomic mass is 19.1. The maximum absolute atomic E-state index is 13.4. The van der Waals surface area contributed by atoms with Crippen LogP contribution in [0.5, 0.6) is 0 Å². The molecule has 0 spiro atoms. The monoisotopic (exact) mass is 493 g/mol. The Morgan fingerprint density at radius 1 is 1.00 bits per heavy atom. The molecule has 0 bridgehead atoms. The van der Waals surface area contributed by atoms with Gasteiger partial charge in [-0.1, -0.05) is 12.1 Å². The van der Waals surface area contributed by atoms with E-state index in [9.17, 15) is 23.6 Å². The molecule has 0 saturated heterocycles. The topological polar surface area (TPSA) is 117 Å². The average Bonchev–Trinajstić information content (AvgIpc) is 3.21. The largest absolute Gasteiger partial charge is 0.465 e. The van der Waals surface area contributed by atoms with E-state index in [-0.39, 0.29) is 24.1 Å². The van der Waals surface area contributed by atoms with Crippen LogP contribution in [0.15, 0.2) is 58.1 Å². The molecule has 1 amide bonds. The molecule has 0 unspecified atom stereocenters. The number of esters is 1. The maximum atomic E-state index is 13.4. The van der Waals surface area contributed by atoms with Crippen LogP contribution in [0.1, 0.15) is 28.5 Å². The molecular formula is C25H24FN5O5. The zero-order valence-electron chi connectivity index (χ0n) is 19.9. The zero-order valence-corrected chi connectivity index (χ0v) is 19.9. The molecule has 2 heterocycles. The van der Waals surface area contributed by atoms with Crippen LogP contribution in [0.25, 0.3) is 11.0 Å². The average molecular weight is 493 g/mol. The first-order valence-electron chi connectivity index (χ1n) is 11.2. The number of nitrogens with one attached hydrogen (secondary N) is 1. The van der Waals surface area contributed by atoms with Gasteiger partial charge in [-0.15, -0.1) is 0 Å². The van der Waals surface area contributed by atoms with Gasteiger partial charge in [-0.25, -0.2) is 14.0 Å². The summed E-state index contributed by atoms with van der Waals surface area (Å²) in [6.07, 6.45) is 0. The molecule has 0 aliphatic heterocycles. The molecule has 0 saturated carbocycles. The van der Waals surface area contributed by atoms with Crippen LogP contribution in [0, 0.1) is 12.7 Å². The summed E-state index contributed by atoms with van der Waals surface area (Å²) in [5, 5.41) is 7.06. The van der Waals surface area contributed by atoms with Gasteiger partial charge < -0.3 is 10.1 Å². The normalized spacial score (nSPS) is 11.0. The zero-order chi connectivity index (χ0) is 26.0. The maximum Gasteiger partial charge on any atom is 0.337 e. The lowest BCUT2D eigenvalue weighted by Crippen LogP contribution is -2.42. The van der Waals surface area contributed by atoms with E-state index in [0.717, 1.165) is 4.57 Å². The van der Waals surface area contributed by atoms with E-state index in [1.807, 2.05) is 6.92 Å². The number of halogens is 1. The summed E-state index contributed by atoms with van der Waals surface area (Å²) in [5.74, 6) is -1.46. The van der Waals surface area contributed by atoms with Crippen LogP contribution < -0.4 is 16.6 Å². The van der Waals surface area contributed by atoms with Crippen LogP contribution in [0.4, 0.5) is 10.1 Å². The second kappa shape index (κ2) is 9.98. The standard InChI is InChI=1S/C25H24FN5O5/c1-4-31-22-21(15(2)28-31)29(14-20(32)27-19-11-7-17(8-12-19)24(34)36-3)25(35)30(23(22)33)13-16-5-9-18(26)10-6-16/h5-12H,4,13-14H2,1-3H3,(H,27,32). The second-order valence-electron chi connectivity index (χ2n) is 8.10. The second-order valence-corrected chi connectivity index (χ2v) is 8.10. The molecule has 10 nitrogen and oxygen atoms in total. The summed E-state index contributed by atoms with van der Waals surface area (Å²) in [7, 11) is 1.27. The van der Waals surface area contributed by atoms with Crippen LogP contribution in [0.2, 0.25) is 0 Å². The van der Waals surface area contributed by atoms with Crippen molar-refractivity contribution in [2.24, 2.45) is 0 Å². The highest BCUT2D eigenvalue weighted by Crippen LogP contribution is 2.15. The van der Waals surface area contributed by atoms with E-state index in [4.69, 9.17) is 0 Å². The molecule has 0 aliphatic carbocycles. The molecule has 0 radical (unpaired) electrons. The van der Waals surface area contributed by atoms with Crippen LogP contribution in [0.3, 0.4) is 0 Å². The Hall–Kier alpha value is -4.54. The summed E-state index contributed by atoms with van der Waals surface area (Å²) in [5.41, 5.74) is 0.969. The predicted octanol–water partition coefficient (Wildman–Crippen LogP) is 2.30. The molecule has 2 aromatic carbocycles. The fourth-order valence-electron chi connectivity index (χ4n) is 4.00. The third kappa shape index (κ3) is 4.67. The van der Waals surface area contributed by atoms with Gasteiger partial charge >= 0.3 is 11.7 Å². The van der Waals surface area contributed by atoms with Crippen LogP contribution in [-0.4, -0.2) is 37.9 Å². The minimum atomic E-state index is -0.688. The van der Waals surface area contributed by atoms with E-state index < -0.39 is 28.9 Å². The first kappa shape index (κ1) is 24.6. The molecule has 186 valence electrons. The number of ether oxygens (including phenoxy) is 1. The summed E-state index contributed by atoms with van der Waals surface area (Å²) in [6.45, 7) is 3.38. The Bertz CT molecular complexity index is 1570. The molecule has 1 N–H and O–H groups in total. The van der Waals surface area contributed by atoms with Gasteiger partial charge in [-0.3, -0.25) is 23.4 Å². The van der Waals surface area contributed by atoms with Gasteiger partial charge in [0.2, 0.25) is 5.91 Å². The number of carbonyl (C=O) groups is 2. The molecule has 0 atom stereocenters. The first-order chi connectivity index (χ1) is 17.2. The van der Waals surface area contributed by atoms with E-state index in [1.54, 1.807) is 19.1 Å². The van der Waals surface area contributed by atoms with Gasteiger partial charge in [0, 0.05) is 12.2 Å². The molecule has 0 fully saturated rings. The lowest BCUT2D eigenvalue weighted by Gasteiger charge is -2.13. The molecule has 4 aromatic rings. The van der Waals surface area contributed by atoms with Crippen molar-refractivity contribution in [2.45, 2.75) is 33.5 Å². The summed E-state index contributed by atoms with van der Waals surface area (Å²) in [6, 6.07) is 11.6. The number of hydrogen-bond donors (Lipinski definition) is 1. The lowest BCUT2D eigenvalue weighted by atomic mass is 10.2. The van der Waals surface area contributed by atoms with Crippen molar-refractivity contribution in [2.75, 3.05) is 12.4 Å². The summed E-state index contributed by atoms with van der Waals surface area (Å²) in [4.78, 5) is 51.3. The van der Waals surface area contributed by atoms with Crippen LogP contribution >= 0.6 is 0 Å². The molecule has 11 heteroatoms. The number of rotatable bonds is 7. The van der Waals surface area contributed by atoms with Crippen molar-refractivity contribution in [3.05, 3.63) is 92.0 Å². The van der Waals surface area contributed by atoms with E-state index in [1.165, 1.54) is 52.8 Å². The molecule has 0 aliphatic rings. The Morgan fingerprint density at radius 2 is 1.67 bits per heavy atom. The van der Waals surface area contributed by atoms with Crippen molar-refractivity contribution >= 4 is 28.6 Å². The first-order valence-corrected chi connectivity index (χ1v) is 11.2. The highest BCUT2D eigenvalue weighted by Gasteiger charge is 2.22. The van der Waals surface area contributed by atoms with E-state index >= 15 is 0 Å². The predicted molar refractivity (Wildman–Crippen MR) is 131 cm³/mol. The van der Waals surface area contributed by atoms with Gasteiger partial charge in [0.05, 0.1) is 24.9 Å². The quantitative estimate of drug-likeness (QED) is 0.395. The Kier molecular flexibility index (Phi) is 6.82. The lowest BCUT2D eigenvalue weighted by molar-refractivity contribution is -0.116. The number of fused-ring (bicyclic) bond motifs is 1. The number of nitrogens with zero attached hydrogens (tertiary/aromatic N) is 4. The van der Waals surface area contributed by atoms with Gasteiger partial charge in [0.25, 0.3) is 5.56 Å². The third-order valence-corrected chi connectivity index (χ3v) is 5.72. The minimum Gasteiger partial charge on any atom is -0.465 e. The van der Waals surface area contributed by atoms with Gasteiger partial charge in [-0.05, 0) is 55.8 Å². The molecular weight excluding hydrogens is 469 g/mol. The molecule has 4 rings (SSSR count). The number of anilines is 1. The van der Waals surface area contributed by atoms with Crippen LogP contribution in [-0.2, 0) is 29.2 Å². The fraction of sp³-hybridized carbons (Fsp3) is 0.240. The number of aromatic nitrogens is 4. The Balaban J connectivity index is 1.74. The van der Waals surface area contributed by atoms with E-state index in [2.05, 4.69) is 15.2 Å². The minimum absolute atomic E-state index is 0.0988. The fourth-order valence-corrected chi connectivity index (χ4v) is 4.00. The van der Waals surface area contributed by atoms with Crippen molar-refractivity contribution in [1.29, 1.82) is 0 Å². The van der Waals surface area contributed by atoms with Crippen molar-refractivity contribution in [3.63, 3.8) is 0 Å². The SMILES string of the molecule is CCn1nc(C)c2c1c(=O)n(Cc1ccc(F)cc1)c(=O)n2CC(=O)Nc1ccc(C(=O)OC)cc1. The smallest absolute Gasteiger partial charge is 0.337 e. The van der Waals surface area contributed by atoms with Crippen molar-refractivity contribution < 1.29 is 18.7 Å². The van der Waals surface area contributed by atoms with E-state index in [0.29, 0.717) is 29.1 Å². The Morgan fingerprint density at radius 3 is 2.28 bits per heavy atom. The summed E-state index contributed by atoms with van der Waals surface area (Å²) >= 11 is 0. The molecule has 36 heavy (non-hydrogen) atoms. The highest BCUT2D eigenvalue weighted by molar-refractivity contribution is 5.93. The number of benzene rings is 2. The molecule has 2 aromatic heterocycles. The van der Waals surface area contributed by atoms with Crippen molar-refractivity contribution in [3.8, 4) is 0 Å². The number of carbonyl (C=O) groups excluding carboxylic acids is 2. The third-order valence-electron chi connectivity index (χ3n) is 5.72. The number of amides is 1. The van der Waals surface area contributed by atoms with Gasteiger partial charge in [-0.2, -0.15) is 5.10 Å². The number of aryl methyl sites for hydroxylation is 2. The summed E-state index contributed by atoms with van der Waals surface area (Å²) < 4.78 is 21.7. The van der Waals surface area contributed by atoms with Crippen molar-refractivity contribution in [1.82, 2.24) is 18.9 Å².